The van der Waals surface area contributed by atoms with Gasteiger partial charge in [0.1, 0.15) is 0 Å². The molecule has 0 bridgehead atoms. The Balaban J connectivity index is 1.14. The van der Waals surface area contributed by atoms with E-state index in [0.717, 1.165) is 22.7 Å². The Morgan fingerprint density at radius 2 is 1.00 bits per heavy atom. The average Bonchev–Trinajstić information content (AvgIpc) is 3.71. The minimum Gasteiger partial charge on any atom is -0.309 e. The van der Waals surface area contributed by atoms with Gasteiger partial charge in [0.05, 0.1) is 22.4 Å². The predicted molar refractivity (Wildman–Crippen MR) is 293 cm³/mol. The van der Waals surface area contributed by atoms with Crippen LogP contribution in [0.5, 0.6) is 0 Å². The zero-order valence-electron chi connectivity index (χ0n) is 40.6. The summed E-state index contributed by atoms with van der Waals surface area (Å²) in [6.45, 7) is 14.0. The normalized spacial score (nSPS) is 13.7. The lowest BCUT2D eigenvalue weighted by Crippen LogP contribution is -2.17. The van der Waals surface area contributed by atoms with Gasteiger partial charge in [0, 0.05) is 38.8 Å². The van der Waals surface area contributed by atoms with Crippen molar-refractivity contribution in [3.8, 4) is 39.1 Å². The van der Waals surface area contributed by atoms with Crippen LogP contribution in [-0.2, 0) is 10.8 Å². The van der Waals surface area contributed by atoms with E-state index in [9.17, 15) is 0 Å². The number of hydrogen-bond acceptors (Lipinski definition) is 1. The molecule has 68 heavy (non-hydrogen) atoms. The number of para-hydroxylation sites is 5. The van der Waals surface area contributed by atoms with E-state index in [2.05, 4.69) is 251 Å². The molecule has 0 aliphatic heterocycles. The fourth-order valence-corrected chi connectivity index (χ4v) is 11.1. The third kappa shape index (κ3) is 7.90. The number of nitrogens with zero attached hydrogens (tertiary/aromatic N) is 2. The first-order valence-corrected chi connectivity index (χ1v) is 24.9. The fraction of sp³-hybridized carbons (Fsp3) is 0.212. The van der Waals surface area contributed by atoms with Crippen LogP contribution in [0.4, 0.5) is 17.1 Å². The van der Waals surface area contributed by atoms with Crippen LogP contribution in [0.15, 0.2) is 200 Å². The molecule has 2 heteroatoms. The third-order valence-electron chi connectivity index (χ3n) is 14.7. The summed E-state index contributed by atoms with van der Waals surface area (Å²) in [5.41, 5.74) is 18.5. The second kappa shape index (κ2) is 17.5. The molecule has 0 N–H and O–H groups in total. The van der Waals surface area contributed by atoms with Gasteiger partial charge in [0.15, 0.2) is 0 Å². The highest BCUT2D eigenvalue weighted by atomic mass is 15.1. The van der Waals surface area contributed by atoms with Crippen molar-refractivity contribution in [2.75, 3.05) is 4.90 Å². The Bertz CT molecular complexity index is 3400. The number of anilines is 3. The van der Waals surface area contributed by atoms with Crippen molar-refractivity contribution in [3.05, 3.63) is 217 Å². The monoisotopic (exact) mass is 882 g/mol. The van der Waals surface area contributed by atoms with Gasteiger partial charge in [0.25, 0.3) is 0 Å². The molecule has 1 fully saturated rings. The van der Waals surface area contributed by atoms with Gasteiger partial charge in [-0.25, -0.2) is 0 Å². The van der Waals surface area contributed by atoms with E-state index in [1.54, 1.807) is 0 Å². The van der Waals surface area contributed by atoms with Crippen molar-refractivity contribution < 1.29 is 0 Å². The molecule has 0 saturated heterocycles. The van der Waals surface area contributed by atoms with Crippen LogP contribution in [0, 0.1) is 0 Å². The highest BCUT2D eigenvalue weighted by Gasteiger charge is 2.27. The molecule has 1 heterocycles. The SMILES string of the molecule is CC(C)(C)c1cc(-c2ccccc2N(c2ccc(-c3cccc4c5ccccc5n(-c5ccccc5)c34)cc2)c2ccccc2-c2cccc3cccc(C4CCCCC4)c23)cc(C(C)(C)C)c1. The molecule has 0 unspecified atom stereocenters. The van der Waals surface area contributed by atoms with Crippen LogP contribution in [0.1, 0.15) is 96.3 Å². The van der Waals surface area contributed by atoms with Crippen LogP contribution in [0.3, 0.4) is 0 Å². The smallest absolute Gasteiger partial charge is 0.0619 e. The van der Waals surface area contributed by atoms with E-state index in [1.807, 2.05) is 0 Å². The van der Waals surface area contributed by atoms with Crippen molar-refractivity contribution in [1.82, 2.24) is 4.57 Å². The maximum atomic E-state index is 2.54. The lowest BCUT2D eigenvalue weighted by atomic mass is 9.78. The Morgan fingerprint density at radius 3 is 1.71 bits per heavy atom. The molecule has 1 aliphatic carbocycles. The summed E-state index contributed by atoms with van der Waals surface area (Å²) >= 11 is 0. The zero-order valence-corrected chi connectivity index (χ0v) is 40.6. The summed E-state index contributed by atoms with van der Waals surface area (Å²) in [5.74, 6) is 0.572. The molecule has 0 radical (unpaired) electrons. The van der Waals surface area contributed by atoms with Crippen LogP contribution in [-0.4, -0.2) is 4.57 Å². The van der Waals surface area contributed by atoms with E-state index < -0.39 is 0 Å². The van der Waals surface area contributed by atoms with E-state index in [0.29, 0.717) is 5.92 Å². The highest BCUT2D eigenvalue weighted by Crippen LogP contribution is 2.49. The predicted octanol–water partition coefficient (Wildman–Crippen LogP) is 19.1. The first-order valence-electron chi connectivity index (χ1n) is 24.9. The fourth-order valence-electron chi connectivity index (χ4n) is 11.1. The number of fused-ring (bicyclic) bond motifs is 4. The van der Waals surface area contributed by atoms with Gasteiger partial charge >= 0.3 is 0 Å². The van der Waals surface area contributed by atoms with Crippen molar-refractivity contribution in [1.29, 1.82) is 0 Å². The summed E-state index contributed by atoms with van der Waals surface area (Å²) < 4.78 is 2.44. The zero-order chi connectivity index (χ0) is 46.6. The average molecular weight is 883 g/mol. The van der Waals surface area contributed by atoms with Gasteiger partial charge in [-0.3, -0.25) is 0 Å². The van der Waals surface area contributed by atoms with Crippen molar-refractivity contribution in [2.24, 2.45) is 0 Å². The maximum absolute atomic E-state index is 2.54. The van der Waals surface area contributed by atoms with Crippen LogP contribution < -0.4 is 4.90 Å². The molecule has 336 valence electrons. The topological polar surface area (TPSA) is 8.17 Å². The Morgan fingerprint density at radius 1 is 0.441 bits per heavy atom. The van der Waals surface area contributed by atoms with E-state index >= 15 is 0 Å². The van der Waals surface area contributed by atoms with Crippen LogP contribution in [0.2, 0.25) is 0 Å². The van der Waals surface area contributed by atoms with Gasteiger partial charge in [-0.2, -0.15) is 0 Å². The molecular formula is C66H62N2. The molecule has 1 aromatic heterocycles. The minimum atomic E-state index is -0.0213. The highest BCUT2D eigenvalue weighted by molar-refractivity contribution is 6.14. The summed E-state index contributed by atoms with van der Waals surface area (Å²) in [6, 6.07) is 75.2. The lowest BCUT2D eigenvalue weighted by Gasteiger charge is -2.31. The second-order valence-electron chi connectivity index (χ2n) is 21.2. The van der Waals surface area contributed by atoms with E-state index in [4.69, 9.17) is 0 Å². The van der Waals surface area contributed by atoms with Crippen molar-refractivity contribution in [3.63, 3.8) is 0 Å². The van der Waals surface area contributed by atoms with Gasteiger partial charge in [-0.05, 0) is 116 Å². The van der Waals surface area contributed by atoms with Gasteiger partial charge in [-0.15, -0.1) is 0 Å². The van der Waals surface area contributed by atoms with E-state index in [-0.39, 0.29) is 10.8 Å². The molecule has 0 amide bonds. The molecule has 1 aliphatic rings. The third-order valence-corrected chi connectivity index (χ3v) is 14.7. The maximum Gasteiger partial charge on any atom is 0.0619 e. The first-order chi connectivity index (χ1) is 33.0. The summed E-state index contributed by atoms with van der Waals surface area (Å²) in [5, 5.41) is 5.22. The van der Waals surface area contributed by atoms with Gasteiger partial charge in [-0.1, -0.05) is 219 Å². The molecular weight excluding hydrogens is 821 g/mol. The first kappa shape index (κ1) is 43.4. The van der Waals surface area contributed by atoms with Crippen LogP contribution >= 0.6 is 0 Å². The standard InChI is InChI=1S/C66H62N2/c1-65(2,3)49-42-48(43-50(44-49)66(4,5)6)53-28-13-16-35-60(53)67(61-36-17-14-29-56(61)58-33-20-25-47-24-19-31-54(63(47)58)45-22-9-7-10-23-45)52-40-38-46(39-41-52)55-32-21-34-59-57-30-15-18-37-62(57)68(64(55)59)51-26-11-8-12-27-51/h8,11-21,24-45H,7,9-10,22-23H2,1-6H3. The number of hydrogen-bond donors (Lipinski definition) is 0. The molecule has 0 atom stereocenters. The number of rotatable bonds is 8. The second-order valence-corrected chi connectivity index (χ2v) is 21.2. The molecule has 1 saturated carbocycles. The molecule has 0 spiro atoms. The van der Waals surface area contributed by atoms with Crippen molar-refractivity contribution in [2.45, 2.75) is 90.4 Å². The Hall–Kier alpha value is -7.16. The van der Waals surface area contributed by atoms with Crippen molar-refractivity contribution >= 4 is 49.6 Å². The molecule has 10 aromatic rings. The summed E-state index contributed by atoms with van der Waals surface area (Å²) in [7, 11) is 0. The summed E-state index contributed by atoms with van der Waals surface area (Å²) in [4.78, 5) is 2.54. The quantitative estimate of drug-likeness (QED) is 0.148. The number of benzene rings is 9. The van der Waals surface area contributed by atoms with Gasteiger partial charge < -0.3 is 9.47 Å². The molecule has 2 nitrogen and oxygen atoms in total. The van der Waals surface area contributed by atoms with Gasteiger partial charge in [0.2, 0.25) is 0 Å². The van der Waals surface area contributed by atoms with Crippen LogP contribution in [0.25, 0.3) is 71.6 Å². The Kier molecular flexibility index (Phi) is 11.2. The Labute approximate surface area is 403 Å². The minimum absolute atomic E-state index is 0.0213. The molecule has 11 rings (SSSR count). The molecule has 9 aromatic carbocycles. The number of aromatic nitrogens is 1. The van der Waals surface area contributed by atoms with E-state index in [1.165, 1.54) is 115 Å². The summed E-state index contributed by atoms with van der Waals surface area (Å²) in [6.07, 6.45) is 6.45. The lowest BCUT2D eigenvalue weighted by molar-refractivity contribution is 0.445. The largest absolute Gasteiger partial charge is 0.309 e.